The number of hydrogen-bond acceptors (Lipinski definition) is 4. The van der Waals surface area contributed by atoms with Gasteiger partial charge in [0.1, 0.15) is 12.4 Å². The molecule has 0 radical (unpaired) electrons. The van der Waals surface area contributed by atoms with Gasteiger partial charge in [-0.1, -0.05) is 31.5 Å². The normalized spacial score (nSPS) is 11.8. The Morgan fingerprint density at radius 1 is 1.12 bits per heavy atom. The maximum atomic E-state index is 13.0. The summed E-state index contributed by atoms with van der Waals surface area (Å²) in [6, 6.07) is 11.8. The Bertz CT molecular complexity index is 1010. The Morgan fingerprint density at radius 2 is 1.82 bits per heavy atom. The first kappa shape index (κ1) is 26.5. The van der Waals surface area contributed by atoms with E-state index in [0.717, 1.165) is 41.6 Å². The average Bonchev–Trinajstić information content (AvgIpc) is 2.74. The Balaban J connectivity index is 1.80. The van der Waals surface area contributed by atoms with Crippen molar-refractivity contribution in [2.75, 3.05) is 30.3 Å². The van der Waals surface area contributed by atoms with E-state index < -0.39 is 21.8 Å². The number of anilines is 1. The molecule has 0 aliphatic carbocycles. The van der Waals surface area contributed by atoms with Crippen LogP contribution < -0.4 is 14.4 Å². The molecule has 2 aromatic rings. The number of nitrogens with zero attached hydrogens (tertiary/aromatic N) is 1. The molecule has 0 aliphatic heterocycles. The highest BCUT2D eigenvalue weighted by atomic mass is 32.2. The third-order valence-corrected chi connectivity index (χ3v) is 5.98. The molecule has 0 aliphatic rings. The van der Waals surface area contributed by atoms with E-state index in [0.29, 0.717) is 5.75 Å². The molecule has 6 nitrogen and oxygen atoms in total. The maximum absolute atomic E-state index is 13.0. The Kier molecular flexibility index (Phi) is 9.57. The fraction of sp³-hybridized carbons (Fsp3) is 0.435. The number of nitrogens with one attached hydrogen (secondary N) is 1. The van der Waals surface area contributed by atoms with Gasteiger partial charge in [0.15, 0.2) is 0 Å². The van der Waals surface area contributed by atoms with Crippen LogP contribution in [0.3, 0.4) is 0 Å². The molecule has 0 atom stereocenters. The molecule has 182 valence electrons. The molecule has 1 amide bonds. The molecule has 2 rings (SSSR count). The van der Waals surface area contributed by atoms with Gasteiger partial charge >= 0.3 is 6.18 Å². The van der Waals surface area contributed by atoms with Crippen LogP contribution >= 0.6 is 0 Å². The van der Waals surface area contributed by atoms with Crippen LogP contribution in [0.15, 0.2) is 48.5 Å². The number of alkyl halides is 3. The molecule has 0 spiro atoms. The lowest BCUT2D eigenvalue weighted by Crippen LogP contribution is -2.33. The number of amides is 1. The molecule has 0 unspecified atom stereocenters. The molecule has 2 aromatic carbocycles. The molecule has 0 fully saturated rings. The van der Waals surface area contributed by atoms with Crippen LogP contribution in [0.25, 0.3) is 0 Å². The number of hydrogen-bond donors (Lipinski definition) is 1. The van der Waals surface area contributed by atoms with Gasteiger partial charge in [-0.05, 0) is 48.7 Å². The summed E-state index contributed by atoms with van der Waals surface area (Å²) in [6.45, 7) is 2.54. The Labute approximate surface area is 192 Å². The van der Waals surface area contributed by atoms with Gasteiger partial charge in [0.05, 0.1) is 24.1 Å². The fourth-order valence-electron chi connectivity index (χ4n) is 3.20. The smallest absolute Gasteiger partial charge is 0.416 e. The summed E-state index contributed by atoms with van der Waals surface area (Å²) in [6.07, 6.45) is -1.43. The van der Waals surface area contributed by atoms with Crippen molar-refractivity contribution in [2.24, 2.45) is 0 Å². The number of aryl methyl sites for hydroxylation is 1. The van der Waals surface area contributed by atoms with E-state index in [4.69, 9.17) is 4.74 Å². The van der Waals surface area contributed by atoms with E-state index in [1.165, 1.54) is 11.6 Å². The first-order valence-electron chi connectivity index (χ1n) is 10.6. The van der Waals surface area contributed by atoms with Crippen molar-refractivity contribution in [3.63, 3.8) is 0 Å². The molecule has 0 saturated heterocycles. The van der Waals surface area contributed by atoms with Crippen LogP contribution in [-0.2, 0) is 27.4 Å². The lowest BCUT2D eigenvalue weighted by Gasteiger charge is -2.23. The van der Waals surface area contributed by atoms with Gasteiger partial charge in [-0.2, -0.15) is 13.2 Å². The van der Waals surface area contributed by atoms with Crippen LogP contribution in [0, 0.1) is 0 Å². The van der Waals surface area contributed by atoms with E-state index in [1.54, 1.807) is 0 Å². The summed E-state index contributed by atoms with van der Waals surface area (Å²) >= 11 is 0. The predicted octanol–water partition coefficient (Wildman–Crippen LogP) is 4.40. The van der Waals surface area contributed by atoms with Gasteiger partial charge < -0.3 is 10.1 Å². The molecule has 0 bridgehead atoms. The second kappa shape index (κ2) is 11.9. The van der Waals surface area contributed by atoms with Crippen LogP contribution in [0.5, 0.6) is 5.75 Å². The number of rotatable bonds is 12. The molecule has 10 heteroatoms. The maximum Gasteiger partial charge on any atom is 0.416 e. The van der Waals surface area contributed by atoms with Crippen LogP contribution in [0.4, 0.5) is 18.9 Å². The number of benzene rings is 2. The minimum atomic E-state index is -4.58. The average molecular weight is 487 g/mol. The molecule has 0 aromatic heterocycles. The Hall–Kier alpha value is -2.75. The zero-order valence-electron chi connectivity index (χ0n) is 18.7. The van der Waals surface area contributed by atoms with Gasteiger partial charge in [-0.25, -0.2) is 8.42 Å². The topological polar surface area (TPSA) is 75.7 Å². The van der Waals surface area contributed by atoms with Gasteiger partial charge in [0, 0.05) is 13.0 Å². The summed E-state index contributed by atoms with van der Waals surface area (Å²) in [5.74, 6) is 0.406. The number of sulfonamides is 1. The van der Waals surface area contributed by atoms with E-state index in [2.05, 4.69) is 12.2 Å². The number of carbonyl (C=O) groups excluding carboxylic acids is 1. The summed E-state index contributed by atoms with van der Waals surface area (Å²) in [5, 5.41) is 2.69. The van der Waals surface area contributed by atoms with E-state index >= 15 is 0 Å². The lowest BCUT2D eigenvalue weighted by atomic mass is 10.1. The zero-order chi connectivity index (χ0) is 24.5. The third-order valence-electron chi connectivity index (χ3n) is 4.78. The monoisotopic (exact) mass is 486 g/mol. The predicted molar refractivity (Wildman–Crippen MR) is 122 cm³/mol. The highest BCUT2D eigenvalue weighted by Gasteiger charge is 2.31. The van der Waals surface area contributed by atoms with Gasteiger partial charge in [0.2, 0.25) is 15.9 Å². The standard InChI is InChI=1S/C23H29F3N2O4S/c1-3-6-18-10-12-21(13-11-18)32-16-14-27-22(29)9-5-15-28(33(2,30)31)20-8-4-7-19(17-20)23(24,25)26/h4,7-8,10-13,17H,3,5-6,9,14-16H2,1-2H3,(H,27,29). The summed E-state index contributed by atoms with van der Waals surface area (Å²) < 4.78 is 69.5. The number of ether oxygens (including phenoxy) is 1. The first-order valence-corrected chi connectivity index (χ1v) is 12.5. The van der Waals surface area contributed by atoms with Crippen molar-refractivity contribution in [1.82, 2.24) is 5.32 Å². The largest absolute Gasteiger partial charge is 0.492 e. The van der Waals surface area contributed by atoms with Crippen molar-refractivity contribution in [1.29, 1.82) is 0 Å². The van der Waals surface area contributed by atoms with Crippen LogP contribution in [0.1, 0.15) is 37.3 Å². The fourth-order valence-corrected chi connectivity index (χ4v) is 4.15. The first-order chi connectivity index (χ1) is 15.5. The second-order valence-corrected chi connectivity index (χ2v) is 9.49. The second-order valence-electron chi connectivity index (χ2n) is 7.58. The zero-order valence-corrected chi connectivity index (χ0v) is 19.5. The highest BCUT2D eigenvalue weighted by Crippen LogP contribution is 2.32. The molecule has 0 saturated carbocycles. The van der Waals surface area contributed by atoms with Crippen molar-refractivity contribution >= 4 is 21.6 Å². The molecular formula is C23H29F3N2O4S. The molecule has 1 N–H and O–H groups in total. The SMILES string of the molecule is CCCc1ccc(OCCNC(=O)CCCN(c2cccc(C(F)(F)F)c2)S(C)(=O)=O)cc1. The van der Waals surface area contributed by atoms with Crippen molar-refractivity contribution < 1.29 is 31.1 Å². The minimum Gasteiger partial charge on any atom is -0.492 e. The minimum absolute atomic E-state index is 0.0245. The molecule has 33 heavy (non-hydrogen) atoms. The van der Waals surface area contributed by atoms with Crippen LogP contribution in [0.2, 0.25) is 0 Å². The highest BCUT2D eigenvalue weighted by molar-refractivity contribution is 7.92. The van der Waals surface area contributed by atoms with Gasteiger partial charge in [-0.15, -0.1) is 0 Å². The van der Waals surface area contributed by atoms with E-state index in [9.17, 15) is 26.4 Å². The summed E-state index contributed by atoms with van der Waals surface area (Å²) in [7, 11) is -3.82. The van der Waals surface area contributed by atoms with E-state index in [1.807, 2.05) is 24.3 Å². The molecular weight excluding hydrogens is 457 g/mol. The summed E-state index contributed by atoms with van der Waals surface area (Å²) in [4.78, 5) is 12.0. The number of carbonyl (C=O) groups is 1. The van der Waals surface area contributed by atoms with Gasteiger partial charge in [-0.3, -0.25) is 9.10 Å². The van der Waals surface area contributed by atoms with Crippen molar-refractivity contribution in [3.05, 3.63) is 59.7 Å². The van der Waals surface area contributed by atoms with Gasteiger partial charge in [0.25, 0.3) is 0 Å². The van der Waals surface area contributed by atoms with Crippen molar-refractivity contribution in [2.45, 2.75) is 38.8 Å². The van der Waals surface area contributed by atoms with Crippen LogP contribution in [-0.4, -0.2) is 40.3 Å². The van der Waals surface area contributed by atoms with E-state index in [-0.39, 0.29) is 44.1 Å². The van der Waals surface area contributed by atoms with Crippen molar-refractivity contribution in [3.8, 4) is 5.75 Å². The quantitative estimate of drug-likeness (QED) is 0.451. The molecule has 0 heterocycles. The number of halogens is 3. The summed E-state index contributed by atoms with van der Waals surface area (Å²) in [5.41, 5.74) is 0.198. The Morgan fingerprint density at radius 3 is 2.42 bits per heavy atom. The lowest BCUT2D eigenvalue weighted by molar-refractivity contribution is -0.137. The third kappa shape index (κ3) is 8.95.